The van der Waals surface area contributed by atoms with Crippen LogP contribution in [-0.2, 0) is 0 Å². The van der Waals surface area contributed by atoms with E-state index >= 15 is 0 Å². The molecule has 40 heavy (non-hydrogen) atoms. The van der Waals surface area contributed by atoms with Crippen LogP contribution in [0.15, 0.2) is 158 Å². The minimum absolute atomic E-state index is 1.23. The molecule has 0 radical (unpaired) electrons. The second-order valence-electron chi connectivity index (χ2n) is 10.5. The maximum absolute atomic E-state index is 2.35. The van der Waals surface area contributed by atoms with E-state index in [1.807, 2.05) is 0 Å². The van der Waals surface area contributed by atoms with Gasteiger partial charge in [0.1, 0.15) is 0 Å². The Morgan fingerprint density at radius 2 is 0.850 bits per heavy atom. The minimum atomic E-state index is 1.23. The molecule has 8 aromatic rings. The van der Waals surface area contributed by atoms with E-state index in [2.05, 4.69) is 158 Å². The molecule has 8 rings (SSSR count). The lowest BCUT2D eigenvalue weighted by molar-refractivity contribution is 1.64. The summed E-state index contributed by atoms with van der Waals surface area (Å²) < 4.78 is 0. The van der Waals surface area contributed by atoms with Crippen LogP contribution in [0.25, 0.3) is 76.5 Å². The van der Waals surface area contributed by atoms with Crippen molar-refractivity contribution in [3.8, 4) is 33.4 Å². The highest BCUT2D eigenvalue weighted by atomic mass is 14.2. The molecule has 0 N–H and O–H groups in total. The van der Waals surface area contributed by atoms with Crippen molar-refractivity contribution < 1.29 is 0 Å². The second-order valence-corrected chi connectivity index (χ2v) is 10.5. The summed E-state index contributed by atoms with van der Waals surface area (Å²) in [6.07, 6.45) is 0. The van der Waals surface area contributed by atoms with Crippen molar-refractivity contribution in [3.05, 3.63) is 158 Å². The third kappa shape index (κ3) is 3.54. The molecule has 8 aromatic carbocycles. The summed E-state index contributed by atoms with van der Waals surface area (Å²) in [6, 6.07) is 57.6. The molecule has 0 fully saturated rings. The van der Waals surface area contributed by atoms with Crippen LogP contribution >= 0.6 is 0 Å². The highest BCUT2D eigenvalue weighted by molar-refractivity contribution is 6.26. The van der Waals surface area contributed by atoms with Gasteiger partial charge in [-0.1, -0.05) is 152 Å². The smallest absolute Gasteiger partial charge is 0.00139 e. The van der Waals surface area contributed by atoms with Gasteiger partial charge in [0.25, 0.3) is 0 Å². The standard InChI is InChI=1S/C40H26/c1-2-13-29(14-3-1)33-21-11-23-37-38(31-25-24-27-12-4-5-16-30(27)26-31)35-19-8-9-20-36(35)40(39(33)37)34-22-10-17-28-15-6-7-18-32(28)34/h1-26H. The van der Waals surface area contributed by atoms with Gasteiger partial charge in [0.15, 0.2) is 0 Å². The van der Waals surface area contributed by atoms with Gasteiger partial charge in [0, 0.05) is 0 Å². The van der Waals surface area contributed by atoms with Crippen LogP contribution in [0.3, 0.4) is 0 Å². The molecule has 0 aliphatic carbocycles. The zero-order valence-corrected chi connectivity index (χ0v) is 22.0. The molecule has 0 spiro atoms. The lowest BCUT2D eigenvalue weighted by atomic mass is 9.82. The van der Waals surface area contributed by atoms with Crippen LogP contribution in [0.4, 0.5) is 0 Å². The third-order valence-electron chi connectivity index (χ3n) is 8.23. The first kappa shape index (κ1) is 22.8. The van der Waals surface area contributed by atoms with E-state index in [9.17, 15) is 0 Å². The number of fused-ring (bicyclic) bond motifs is 4. The Balaban J connectivity index is 1.60. The van der Waals surface area contributed by atoms with Crippen molar-refractivity contribution in [1.82, 2.24) is 0 Å². The van der Waals surface area contributed by atoms with Crippen LogP contribution < -0.4 is 0 Å². The molecule has 0 aliphatic heterocycles. The van der Waals surface area contributed by atoms with Crippen molar-refractivity contribution in [2.24, 2.45) is 0 Å². The molecule has 0 aromatic heterocycles. The first-order chi connectivity index (χ1) is 19.9. The van der Waals surface area contributed by atoms with Gasteiger partial charge in [0.05, 0.1) is 0 Å². The largest absolute Gasteiger partial charge is 0.0622 e. The van der Waals surface area contributed by atoms with Crippen LogP contribution in [0.1, 0.15) is 0 Å². The van der Waals surface area contributed by atoms with Crippen LogP contribution in [0.2, 0.25) is 0 Å². The van der Waals surface area contributed by atoms with E-state index in [-0.39, 0.29) is 0 Å². The molecule has 186 valence electrons. The zero-order chi connectivity index (χ0) is 26.5. The third-order valence-corrected chi connectivity index (χ3v) is 8.23. The molecule has 0 amide bonds. The topological polar surface area (TPSA) is 0 Å². The van der Waals surface area contributed by atoms with Crippen molar-refractivity contribution in [3.63, 3.8) is 0 Å². The van der Waals surface area contributed by atoms with Gasteiger partial charge >= 0.3 is 0 Å². The predicted molar refractivity (Wildman–Crippen MR) is 173 cm³/mol. The van der Waals surface area contributed by atoms with E-state index in [1.165, 1.54) is 76.5 Å². The fourth-order valence-electron chi connectivity index (χ4n) is 6.47. The zero-order valence-electron chi connectivity index (χ0n) is 22.0. The maximum Gasteiger partial charge on any atom is -0.00139 e. The molecule has 0 saturated carbocycles. The van der Waals surface area contributed by atoms with E-state index in [1.54, 1.807) is 0 Å². The molecular weight excluding hydrogens is 480 g/mol. The molecule has 0 atom stereocenters. The molecule has 0 heteroatoms. The number of benzene rings is 8. The normalized spacial score (nSPS) is 11.5. The van der Waals surface area contributed by atoms with Gasteiger partial charge < -0.3 is 0 Å². The average molecular weight is 507 g/mol. The van der Waals surface area contributed by atoms with Gasteiger partial charge in [0.2, 0.25) is 0 Å². The van der Waals surface area contributed by atoms with Crippen molar-refractivity contribution in [2.45, 2.75) is 0 Å². The molecule has 0 unspecified atom stereocenters. The fourth-order valence-corrected chi connectivity index (χ4v) is 6.47. The molecule has 0 saturated heterocycles. The summed E-state index contributed by atoms with van der Waals surface area (Å²) in [5.74, 6) is 0. The first-order valence-electron chi connectivity index (χ1n) is 13.9. The van der Waals surface area contributed by atoms with Gasteiger partial charge in [-0.3, -0.25) is 0 Å². The Bertz CT molecular complexity index is 2200. The maximum atomic E-state index is 2.35. The van der Waals surface area contributed by atoms with Crippen molar-refractivity contribution >= 4 is 43.1 Å². The van der Waals surface area contributed by atoms with Gasteiger partial charge in [-0.05, 0) is 82.5 Å². The SMILES string of the molecule is c1ccc(-c2cccc3c(-c4ccc5ccccc5c4)c4ccccc4c(-c4cccc5ccccc45)c23)cc1. The Kier molecular flexibility index (Phi) is 5.24. The molecular formula is C40H26. The number of rotatable bonds is 3. The Morgan fingerprint density at radius 1 is 0.275 bits per heavy atom. The van der Waals surface area contributed by atoms with Crippen LogP contribution in [0, 0.1) is 0 Å². The molecule has 0 nitrogen and oxygen atoms in total. The fraction of sp³-hybridized carbons (Fsp3) is 0. The Labute approximate surface area is 233 Å². The summed E-state index contributed by atoms with van der Waals surface area (Å²) in [5, 5.41) is 10.2. The lowest BCUT2D eigenvalue weighted by Crippen LogP contribution is -1.94. The van der Waals surface area contributed by atoms with Crippen LogP contribution in [-0.4, -0.2) is 0 Å². The van der Waals surface area contributed by atoms with E-state index in [4.69, 9.17) is 0 Å². The average Bonchev–Trinajstić information content (AvgIpc) is 3.03. The number of hydrogen-bond donors (Lipinski definition) is 0. The highest BCUT2D eigenvalue weighted by Crippen LogP contribution is 2.48. The van der Waals surface area contributed by atoms with E-state index in [0.717, 1.165) is 0 Å². The monoisotopic (exact) mass is 506 g/mol. The van der Waals surface area contributed by atoms with E-state index < -0.39 is 0 Å². The summed E-state index contributed by atoms with van der Waals surface area (Å²) in [7, 11) is 0. The number of hydrogen-bond acceptors (Lipinski definition) is 0. The Hall–Kier alpha value is -5.20. The lowest BCUT2D eigenvalue weighted by Gasteiger charge is -2.21. The van der Waals surface area contributed by atoms with Gasteiger partial charge in [-0.15, -0.1) is 0 Å². The summed E-state index contributed by atoms with van der Waals surface area (Å²) in [5.41, 5.74) is 7.59. The van der Waals surface area contributed by atoms with Gasteiger partial charge in [-0.2, -0.15) is 0 Å². The van der Waals surface area contributed by atoms with Crippen molar-refractivity contribution in [2.75, 3.05) is 0 Å². The summed E-state index contributed by atoms with van der Waals surface area (Å²) in [4.78, 5) is 0. The summed E-state index contributed by atoms with van der Waals surface area (Å²) in [6.45, 7) is 0. The highest BCUT2D eigenvalue weighted by Gasteiger charge is 2.20. The predicted octanol–water partition coefficient (Wildman–Crippen LogP) is 11.3. The molecule has 0 aliphatic rings. The van der Waals surface area contributed by atoms with E-state index in [0.29, 0.717) is 0 Å². The molecule has 0 heterocycles. The van der Waals surface area contributed by atoms with Gasteiger partial charge in [-0.25, -0.2) is 0 Å². The van der Waals surface area contributed by atoms with Crippen LogP contribution in [0.5, 0.6) is 0 Å². The minimum Gasteiger partial charge on any atom is -0.0622 e. The Morgan fingerprint density at radius 3 is 1.68 bits per heavy atom. The molecule has 0 bridgehead atoms. The second kappa shape index (κ2) is 9.22. The summed E-state index contributed by atoms with van der Waals surface area (Å²) >= 11 is 0. The first-order valence-corrected chi connectivity index (χ1v) is 13.9. The van der Waals surface area contributed by atoms with Crippen molar-refractivity contribution in [1.29, 1.82) is 0 Å². The quantitative estimate of drug-likeness (QED) is 0.209.